The third kappa shape index (κ3) is 5.57. The third-order valence-corrected chi connectivity index (χ3v) is 4.06. The van der Waals surface area contributed by atoms with Gasteiger partial charge in [0.05, 0.1) is 33.0 Å². The molecule has 0 heterocycles. The van der Waals surface area contributed by atoms with E-state index in [1.807, 2.05) is 6.92 Å². The van der Waals surface area contributed by atoms with E-state index in [-0.39, 0.29) is 5.91 Å². The minimum absolute atomic E-state index is 0.298. The predicted octanol–water partition coefficient (Wildman–Crippen LogP) is 4.81. The van der Waals surface area contributed by atoms with E-state index < -0.39 is 0 Å². The van der Waals surface area contributed by atoms with Gasteiger partial charge in [-0.3, -0.25) is 4.79 Å². The summed E-state index contributed by atoms with van der Waals surface area (Å²) in [7, 11) is 4.63. The Bertz CT molecular complexity index is 851. The van der Waals surface area contributed by atoms with Crippen molar-refractivity contribution >= 4 is 29.3 Å². The van der Waals surface area contributed by atoms with Crippen molar-refractivity contribution in [3.8, 4) is 23.0 Å². The molecule has 0 saturated carbocycles. The highest BCUT2D eigenvalue weighted by Gasteiger charge is 2.11. The van der Waals surface area contributed by atoms with Crippen molar-refractivity contribution in [3.05, 3.63) is 47.0 Å². The van der Waals surface area contributed by atoms with Gasteiger partial charge >= 0.3 is 0 Å². The van der Waals surface area contributed by atoms with Crippen LogP contribution in [0.3, 0.4) is 0 Å². The molecule has 0 aromatic heterocycles. The maximum absolute atomic E-state index is 12.2. The first-order valence-electron chi connectivity index (χ1n) is 8.73. The van der Waals surface area contributed by atoms with Crippen LogP contribution < -0.4 is 24.3 Å². The first-order valence-corrected chi connectivity index (χ1v) is 9.11. The number of nitrogens with one attached hydrogen (secondary N) is 1. The molecule has 6 nitrogen and oxygen atoms in total. The molecule has 0 fully saturated rings. The number of benzene rings is 2. The molecule has 2 aromatic rings. The van der Waals surface area contributed by atoms with E-state index >= 15 is 0 Å². The molecule has 0 unspecified atom stereocenters. The summed E-state index contributed by atoms with van der Waals surface area (Å²) < 4.78 is 21.4. The number of anilines is 1. The average molecular weight is 406 g/mol. The van der Waals surface area contributed by atoms with Gasteiger partial charge in [-0.05, 0) is 42.3 Å². The van der Waals surface area contributed by atoms with Crippen LogP contribution in [0.15, 0.2) is 36.4 Å². The highest BCUT2D eigenvalue weighted by atomic mass is 35.5. The monoisotopic (exact) mass is 405 g/mol. The first kappa shape index (κ1) is 21.4. The SMILES string of the molecule is CCCOc1c(Cl)cc(/C=C/C(=O)Nc2ccc(OC)c(OC)c2)cc1OC. The van der Waals surface area contributed by atoms with Crippen molar-refractivity contribution in [2.45, 2.75) is 13.3 Å². The number of carbonyl (C=O) groups is 1. The fourth-order valence-electron chi connectivity index (χ4n) is 2.45. The van der Waals surface area contributed by atoms with E-state index in [9.17, 15) is 4.79 Å². The second kappa shape index (κ2) is 10.5. The molecule has 1 N–H and O–H groups in total. The van der Waals surface area contributed by atoms with Gasteiger partial charge in [-0.15, -0.1) is 0 Å². The molecule has 0 aliphatic rings. The lowest BCUT2D eigenvalue weighted by molar-refractivity contribution is -0.111. The average Bonchev–Trinajstić information content (AvgIpc) is 2.70. The third-order valence-electron chi connectivity index (χ3n) is 3.78. The van der Waals surface area contributed by atoms with Gasteiger partial charge < -0.3 is 24.3 Å². The van der Waals surface area contributed by atoms with Gasteiger partial charge in [-0.25, -0.2) is 0 Å². The number of rotatable bonds is 9. The Hall–Kier alpha value is -2.86. The molecular formula is C21H24ClNO5. The van der Waals surface area contributed by atoms with Crippen LogP contribution in [0.5, 0.6) is 23.0 Å². The number of ether oxygens (including phenoxy) is 4. The number of halogens is 1. The van der Waals surface area contributed by atoms with Crippen molar-refractivity contribution in [2.24, 2.45) is 0 Å². The fourth-order valence-corrected chi connectivity index (χ4v) is 2.72. The molecule has 0 bridgehead atoms. The molecule has 28 heavy (non-hydrogen) atoms. The lowest BCUT2D eigenvalue weighted by Gasteiger charge is -2.12. The van der Waals surface area contributed by atoms with Gasteiger partial charge in [0.1, 0.15) is 0 Å². The molecule has 0 atom stereocenters. The normalized spacial score (nSPS) is 10.6. The topological polar surface area (TPSA) is 66.0 Å². The maximum atomic E-state index is 12.2. The second-order valence-corrected chi connectivity index (χ2v) is 6.18. The number of hydrogen-bond donors (Lipinski definition) is 1. The van der Waals surface area contributed by atoms with Gasteiger partial charge in [0.25, 0.3) is 0 Å². The van der Waals surface area contributed by atoms with Gasteiger partial charge in [-0.2, -0.15) is 0 Å². The molecule has 150 valence electrons. The number of amides is 1. The van der Waals surface area contributed by atoms with E-state index in [0.29, 0.717) is 45.9 Å². The zero-order chi connectivity index (χ0) is 20.5. The summed E-state index contributed by atoms with van der Waals surface area (Å²) in [4.78, 5) is 12.2. The molecule has 0 spiro atoms. The number of hydrogen-bond acceptors (Lipinski definition) is 5. The minimum atomic E-state index is -0.298. The summed E-state index contributed by atoms with van der Waals surface area (Å²) in [5, 5.41) is 3.19. The zero-order valence-electron chi connectivity index (χ0n) is 16.4. The van der Waals surface area contributed by atoms with E-state index in [1.165, 1.54) is 13.2 Å². The largest absolute Gasteiger partial charge is 0.493 e. The highest BCUT2D eigenvalue weighted by Crippen LogP contribution is 2.37. The Morgan fingerprint density at radius 3 is 2.39 bits per heavy atom. The van der Waals surface area contributed by atoms with Crippen LogP contribution in [-0.4, -0.2) is 33.8 Å². The molecule has 7 heteroatoms. The van der Waals surface area contributed by atoms with Crippen LogP contribution in [-0.2, 0) is 4.79 Å². The quantitative estimate of drug-likeness (QED) is 0.606. The summed E-state index contributed by atoms with van der Waals surface area (Å²) in [6.07, 6.45) is 3.92. The smallest absolute Gasteiger partial charge is 0.248 e. The summed E-state index contributed by atoms with van der Waals surface area (Å²) in [6, 6.07) is 8.61. The standard InChI is InChI=1S/C21H24ClNO5/c1-5-10-28-21-16(22)11-14(12-19(21)27-4)6-9-20(24)23-15-7-8-17(25-2)18(13-15)26-3/h6-9,11-13H,5,10H2,1-4H3,(H,23,24)/b9-6+. The Labute approximate surface area is 170 Å². The Kier molecular flexibility index (Phi) is 8.02. The maximum Gasteiger partial charge on any atom is 0.248 e. The van der Waals surface area contributed by atoms with Crippen molar-refractivity contribution < 1.29 is 23.7 Å². The van der Waals surface area contributed by atoms with Gasteiger partial charge in [0.15, 0.2) is 23.0 Å². The Morgan fingerprint density at radius 2 is 1.75 bits per heavy atom. The summed E-state index contributed by atoms with van der Waals surface area (Å²) >= 11 is 6.29. The van der Waals surface area contributed by atoms with Crippen LogP contribution in [0.4, 0.5) is 5.69 Å². The lowest BCUT2D eigenvalue weighted by Crippen LogP contribution is -2.08. The first-order chi connectivity index (χ1) is 13.5. The van der Waals surface area contributed by atoms with Gasteiger partial charge in [-0.1, -0.05) is 18.5 Å². The fraction of sp³-hybridized carbons (Fsp3) is 0.286. The van der Waals surface area contributed by atoms with Crippen molar-refractivity contribution in [3.63, 3.8) is 0 Å². The Morgan fingerprint density at radius 1 is 1.04 bits per heavy atom. The van der Waals surface area contributed by atoms with Crippen molar-refractivity contribution in [2.75, 3.05) is 33.3 Å². The van der Waals surface area contributed by atoms with Crippen molar-refractivity contribution in [1.29, 1.82) is 0 Å². The molecule has 0 aliphatic heterocycles. The molecule has 2 aromatic carbocycles. The lowest BCUT2D eigenvalue weighted by atomic mass is 10.2. The molecule has 0 saturated heterocycles. The molecule has 0 radical (unpaired) electrons. The van der Waals surface area contributed by atoms with Crippen molar-refractivity contribution in [1.82, 2.24) is 0 Å². The molecular weight excluding hydrogens is 382 g/mol. The molecule has 0 aliphatic carbocycles. The van der Waals surface area contributed by atoms with Gasteiger partial charge in [0, 0.05) is 17.8 Å². The zero-order valence-corrected chi connectivity index (χ0v) is 17.1. The van der Waals surface area contributed by atoms with E-state index in [0.717, 1.165) is 6.42 Å². The van der Waals surface area contributed by atoms with E-state index in [4.69, 9.17) is 30.5 Å². The van der Waals surface area contributed by atoms with Crippen LogP contribution in [0.1, 0.15) is 18.9 Å². The summed E-state index contributed by atoms with van der Waals surface area (Å²) in [6.45, 7) is 2.55. The second-order valence-electron chi connectivity index (χ2n) is 5.77. The Balaban J connectivity index is 2.12. The minimum Gasteiger partial charge on any atom is -0.493 e. The van der Waals surface area contributed by atoms with Gasteiger partial charge in [0.2, 0.25) is 5.91 Å². The van der Waals surface area contributed by atoms with Crippen LogP contribution >= 0.6 is 11.6 Å². The van der Waals surface area contributed by atoms with E-state index in [1.54, 1.807) is 50.6 Å². The van der Waals surface area contributed by atoms with Crippen LogP contribution in [0.25, 0.3) is 6.08 Å². The summed E-state index contributed by atoms with van der Waals surface area (Å²) in [5.74, 6) is 1.83. The predicted molar refractivity (Wildman–Crippen MR) is 111 cm³/mol. The molecule has 2 rings (SSSR count). The number of carbonyl (C=O) groups excluding carboxylic acids is 1. The van der Waals surface area contributed by atoms with Crippen LogP contribution in [0, 0.1) is 0 Å². The van der Waals surface area contributed by atoms with E-state index in [2.05, 4.69) is 5.32 Å². The molecule has 1 amide bonds. The number of methoxy groups -OCH3 is 3. The van der Waals surface area contributed by atoms with Crippen LogP contribution in [0.2, 0.25) is 5.02 Å². The highest BCUT2D eigenvalue weighted by molar-refractivity contribution is 6.32. The summed E-state index contributed by atoms with van der Waals surface area (Å²) in [5.41, 5.74) is 1.30.